The first-order valence-corrected chi connectivity index (χ1v) is 6.03. The predicted molar refractivity (Wildman–Crippen MR) is 73.4 cm³/mol. The van der Waals surface area contributed by atoms with E-state index in [1.165, 1.54) is 0 Å². The van der Waals surface area contributed by atoms with Gasteiger partial charge >= 0.3 is 6.09 Å². The Hall–Kier alpha value is -2.30. The van der Waals surface area contributed by atoms with Crippen LogP contribution in [0.4, 0.5) is 10.6 Å². The third-order valence-corrected chi connectivity index (χ3v) is 2.30. The van der Waals surface area contributed by atoms with Gasteiger partial charge in [-0.1, -0.05) is 18.2 Å². The second kappa shape index (κ2) is 5.14. The van der Waals surface area contributed by atoms with Gasteiger partial charge in [0, 0.05) is 5.69 Å². The second-order valence-corrected chi connectivity index (χ2v) is 5.11. The molecule has 0 bridgehead atoms. The number of carbonyl (C=O) groups excluding carboxylic acids is 1. The molecule has 0 aliphatic rings. The minimum absolute atomic E-state index is 0.495. The van der Waals surface area contributed by atoms with Crippen LogP contribution < -0.4 is 5.32 Å². The second-order valence-electron chi connectivity index (χ2n) is 5.11. The summed E-state index contributed by atoms with van der Waals surface area (Å²) in [4.78, 5) is 15.8. The number of hydrogen-bond acceptors (Lipinski definition) is 3. The quantitative estimate of drug-likeness (QED) is 0.900. The molecule has 1 N–H and O–H groups in total. The maximum absolute atomic E-state index is 11.7. The molecule has 0 saturated heterocycles. The predicted octanol–water partition coefficient (Wildman–Crippen LogP) is 3.22. The van der Waals surface area contributed by atoms with Crippen LogP contribution in [0, 0.1) is 0 Å². The molecule has 0 aliphatic carbocycles. The first kappa shape index (κ1) is 13.1. The smallest absolute Gasteiger partial charge is 0.413 e. The van der Waals surface area contributed by atoms with E-state index < -0.39 is 11.7 Å². The Bertz CT molecular complexity index is 556. The van der Waals surface area contributed by atoms with Gasteiger partial charge in [0.15, 0.2) is 0 Å². The Morgan fingerprint density at radius 1 is 1.26 bits per heavy atom. The zero-order valence-corrected chi connectivity index (χ0v) is 11.3. The lowest BCUT2D eigenvalue weighted by molar-refractivity contribution is 0.0635. The van der Waals surface area contributed by atoms with E-state index >= 15 is 0 Å². The van der Waals surface area contributed by atoms with E-state index in [1.807, 2.05) is 51.1 Å². The van der Waals surface area contributed by atoms with Gasteiger partial charge in [-0.3, -0.25) is 9.88 Å². The van der Waals surface area contributed by atoms with Gasteiger partial charge in [0.1, 0.15) is 17.7 Å². The van der Waals surface area contributed by atoms with Crippen molar-refractivity contribution in [2.75, 3.05) is 5.32 Å². The Labute approximate surface area is 112 Å². The van der Waals surface area contributed by atoms with Crippen molar-refractivity contribution in [3.8, 4) is 5.69 Å². The number of rotatable bonds is 2. The summed E-state index contributed by atoms with van der Waals surface area (Å²) >= 11 is 0. The molecule has 0 aliphatic heterocycles. The molecule has 2 aromatic rings. The van der Waals surface area contributed by atoms with Crippen LogP contribution in [0.3, 0.4) is 0 Å². The summed E-state index contributed by atoms with van der Waals surface area (Å²) in [6.07, 6.45) is 2.73. The third-order valence-electron chi connectivity index (χ3n) is 2.30. The molecule has 0 atom stereocenters. The molecule has 1 amide bonds. The summed E-state index contributed by atoms with van der Waals surface area (Å²) in [5, 5.41) is 2.68. The molecule has 0 saturated carbocycles. The fraction of sp³-hybridized carbons (Fsp3) is 0.286. The number of imidazole rings is 1. The van der Waals surface area contributed by atoms with Crippen molar-refractivity contribution >= 4 is 11.9 Å². The number of nitrogens with one attached hydrogen (secondary N) is 1. The molecule has 0 spiro atoms. The van der Waals surface area contributed by atoms with Crippen molar-refractivity contribution in [2.45, 2.75) is 26.4 Å². The molecule has 19 heavy (non-hydrogen) atoms. The van der Waals surface area contributed by atoms with Gasteiger partial charge in [0.2, 0.25) is 0 Å². The van der Waals surface area contributed by atoms with Crippen molar-refractivity contribution in [3.63, 3.8) is 0 Å². The number of amides is 1. The number of para-hydroxylation sites is 1. The van der Waals surface area contributed by atoms with Crippen LogP contribution in [0.1, 0.15) is 20.8 Å². The number of anilines is 1. The summed E-state index contributed by atoms with van der Waals surface area (Å²) in [5.74, 6) is 0.570. The van der Waals surface area contributed by atoms with E-state index in [1.54, 1.807) is 17.1 Å². The molecule has 0 unspecified atom stereocenters. The van der Waals surface area contributed by atoms with Gasteiger partial charge < -0.3 is 4.74 Å². The topological polar surface area (TPSA) is 56.1 Å². The number of aromatic nitrogens is 2. The van der Waals surface area contributed by atoms with Gasteiger partial charge in [-0.25, -0.2) is 9.78 Å². The minimum Gasteiger partial charge on any atom is -0.444 e. The van der Waals surface area contributed by atoms with Crippen LogP contribution in [0.25, 0.3) is 5.69 Å². The average molecular weight is 259 g/mol. The molecule has 1 aromatic carbocycles. The Morgan fingerprint density at radius 2 is 1.95 bits per heavy atom. The Kier molecular flexibility index (Phi) is 3.55. The molecule has 1 heterocycles. The van der Waals surface area contributed by atoms with Crippen molar-refractivity contribution in [1.29, 1.82) is 0 Å². The van der Waals surface area contributed by atoms with Crippen molar-refractivity contribution in [3.05, 3.63) is 42.9 Å². The molecular weight excluding hydrogens is 242 g/mol. The highest BCUT2D eigenvalue weighted by Crippen LogP contribution is 2.16. The molecule has 0 radical (unpaired) electrons. The number of benzene rings is 1. The number of carbonyl (C=O) groups is 1. The summed E-state index contributed by atoms with van der Waals surface area (Å²) in [7, 11) is 0. The summed E-state index contributed by atoms with van der Waals surface area (Å²) < 4.78 is 6.99. The van der Waals surface area contributed by atoms with E-state index in [-0.39, 0.29) is 0 Å². The van der Waals surface area contributed by atoms with E-state index in [0.29, 0.717) is 5.82 Å². The summed E-state index contributed by atoms with van der Waals surface area (Å²) in [6.45, 7) is 5.46. The molecule has 1 aromatic heterocycles. The van der Waals surface area contributed by atoms with Crippen molar-refractivity contribution in [2.24, 2.45) is 0 Å². The average Bonchev–Trinajstić information content (AvgIpc) is 2.75. The highest BCUT2D eigenvalue weighted by Gasteiger charge is 2.17. The van der Waals surface area contributed by atoms with Crippen molar-refractivity contribution in [1.82, 2.24) is 9.55 Å². The monoisotopic (exact) mass is 259 g/mol. The van der Waals surface area contributed by atoms with E-state index in [0.717, 1.165) is 5.69 Å². The van der Waals surface area contributed by atoms with E-state index in [4.69, 9.17) is 4.74 Å². The summed E-state index contributed by atoms with van der Waals surface area (Å²) in [5.41, 5.74) is 0.396. The maximum Gasteiger partial charge on any atom is 0.413 e. The van der Waals surface area contributed by atoms with Crippen LogP contribution in [0.15, 0.2) is 42.9 Å². The van der Waals surface area contributed by atoms with Gasteiger partial charge in [0.25, 0.3) is 0 Å². The van der Waals surface area contributed by atoms with Crippen LogP contribution in [-0.2, 0) is 4.74 Å². The highest BCUT2D eigenvalue weighted by atomic mass is 16.6. The zero-order chi connectivity index (χ0) is 13.9. The Morgan fingerprint density at radius 3 is 2.58 bits per heavy atom. The lowest BCUT2D eigenvalue weighted by atomic mass is 10.2. The minimum atomic E-state index is -0.526. The highest BCUT2D eigenvalue weighted by molar-refractivity contribution is 5.84. The van der Waals surface area contributed by atoms with Crippen molar-refractivity contribution < 1.29 is 9.53 Å². The van der Waals surface area contributed by atoms with E-state index in [9.17, 15) is 4.79 Å². The van der Waals surface area contributed by atoms with Crippen LogP contribution in [0.2, 0.25) is 0 Å². The van der Waals surface area contributed by atoms with Gasteiger partial charge in [0.05, 0.1) is 6.20 Å². The normalized spacial score (nSPS) is 11.1. The van der Waals surface area contributed by atoms with Crippen LogP contribution in [-0.4, -0.2) is 21.2 Å². The SMILES string of the molecule is CC(C)(C)OC(=O)Nc1cncn1-c1ccccc1. The lowest BCUT2D eigenvalue weighted by Gasteiger charge is -2.19. The van der Waals surface area contributed by atoms with Crippen LogP contribution in [0.5, 0.6) is 0 Å². The van der Waals surface area contributed by atoms with Crippen LogP contribution >= 0.6 is 0 Å². The molecule has 2 rings (SSSR count). The van der Waals surface area contributed by atoms with Gasteiger partial charge in [-0.15, -0.1) is 0 Å². The fourth-order valence-electron chi connectivity index (χ4n) is 1.59. The molecule has 5 heteroatoms. The zero-order valence-electron chi connectivity index (χ0n) is 11.3. The largest absolute Gasteiger partial charge is 0.444 e. The number of hydrogen-bond donors (Lipinski definition) is 1. The van der Waals surface area contributed by atoms with Gasteiger partial charge in [-0.2, -0.15) is 0 Å². The first-order valence-electron chi connectivity index (χ1n) is 6.03. The molecule has 0 fully saturated rings. The first-order chi connectivity index (χ1) is 8.96. The molecule has 100 valence electrons. The molecular formula is C14H17N3O2. The number of ether oxygens (including phenoxy) is 1. The Balaban J connectivity index is 2.15. The maximum atomic E-state index is 11.7. The van der Waals surface area contributed by atoms with E-state index in [2.05, 4.69) is 10.3 Å². The lowest BCUT2D eigenvalue weighted by Crippen LogP contribution is -2.27. The standard InChI is InChI=1S/C14H17N3O2/c1-14(2,3)19-13(18)16-12-9-15-10-17(12)11-7-5-4-6-8-11/h4-10H,1-3H3,(H,16,18). The number of nitrogens with zero attached hydrogens (tertiary/aromatic N) is 2. The van der Waals surface area contributed by atoms with Gasteiger partial charge in [-0.05, 0) is 32.9 Å². The third kappa shape index (κ3) is 3.58. The molecule has 5 nitrogen and oxygen atoms in total. The fourth-order valence-corrected chi connectivity index (χ4v) is 1.59. The summed E-state index contributed by atoms with van der Waals surface area (Å²) in [6, 6.07) is 9.64.